The van der Waals surface area contributed by atoms with E-state index in [0.29, 0.717) is 5.82 Å². The molecular weight excluding hydrogens is 587 g/mol. The van der Waals surface area contributed by atoms with E-state index in [0.717, 1.165) is 56.1 Å². The highest BCUT2D eigenvalue weighted by molar-refractivity contribution is 6.26. The SMILES string of the molecule is C/C=C\c1nc(-c2ccc(-n3c4ccccc4c4ccc5c(c6ccccc6n5-c5ccccc5)c43)nc2)nc(-c2ccccc2)c1C. The lowest BCUT2D eigenvalue weighted by atomic mass is 10.0. The number of hydrogen-bond donors (Lipinski definition) is 0. The van der Waals surface area contributed by atoms with Gasteiger partial charge in [-0.1, -0.05) is 97.1 Å². The molecule has 0 saturated carbocycles. The van der Waals surface area contributed by atoms with Gasteiger partial charge in [0.1, 0.15) is 5.82 Å². The second kappa shape index (κ2) is 11.2. The van der Waals surface area contributed by atoms with Crippen molar-refractivity contribution in [2.45, 2.75) is 13.8 Å². The summed E-state index contributed by atoms with van der Waals surface area (Å²) in [6, 6.07) is 46.9. The minimum Gasteiger partial charge on any atom is -0.309 e. The van der Waals surface area contributed by atoms with Crippen LogP contribution >= 0.6 is 0 Å². The Hall–Kier alpha value is -6.33. The Morgan fingerprint density at radius 1 is 0.562 bits per heavy atom. The minimum atomic E-state index is 0.655. The van der Waals surface area contributed by atoms with Crippen molar-refractivity contribution in [3.63, 3.8) is 0 Å². The highest BCUT2D eigenvalue weighted by Gasteiger charge is 2.21. The Labute approximate surface area is 278 Å². The molecule has 0 amide bonds. The molecule has 0 fully saturated rings. The average molecular weight is 618 g/mol. The number of fused-ring (bicyclic) bond motifs is 7. The Balaban J connectivity index is 1.28. The summed E-state index contributed by atoms with van der Waals surface area (Å²) in [5.41, 5.74) is 10.6. The van der Waals surface area contributed by atoms with E-state index in [2.05, 4.69) is 131 Å². The fourth-order valence-electron chi connectivity index (χ4n) is 7.11. The Morgan fingerprint density at radius 2 is 1.25 bits per heavy atom. The van der Waals surface area contributed by atoms with E-state index in [1.807, 2.05) is 43.5 Å². The van der Waals surface area contributed by atoms with Crippen LogP contribution in [-0.4, -0.2) is 24.1 Å². The molecule has 4 heterocycles. The third kappa shape index (κ3) is 4.28. The third-order valence-corrected chi connectivity index (χ3v) is 9.27. The molecule has 9 rings (SSSR count). The average Bonchev–Trinajstić information content (AvgIpc) is 3.66. The predicted molar refractivity (Wildman–Crippen MR) is 199 cm³/mol. The van der Waals surface area contributed by atoms with Crippen LogP contribution in [-0.2, 0) is 0 Å². The molecule has 0 bridgehead atoms. The molecule has 5 heteroatoms. The summed E-state index contributed by atoms with van der Waals surface area (Å²) >= 11 is 0. The summed E-state index contributed by atoms with van der Waals surface area (Å²) < 4.78 is 4.68. The second-order valence-corrected chi connectivity index (χ2v) is 12.1. The smallest absolute Gasteiger partial charge is 0.161 e. The number of benzene rings is 5. The normalized spacial score (nSPS) is 11.9. The molecule has 0 spiro atoms. The lowest BCUT2D eigenvalue weighted by molar-refractivity contribution is 1.07. The number of pyridine rings is 1. The molecule has 0 saturated heterocycles. The van der Waals surface area contributed by atoms with Crippen molar-refractivity contribution < 1.29 is 0 Å². The molecule has 5 nitrogen and oxygen atoms in total. The van der Waals surface area contributed by atoms with Crippen LogP contribution in [0.15, 0.2) is 146 Å². The number of rotatable bonds is 5. The number of hydrogen-bond acceptors (Lipinski definition) is 3. The van der Waals surface area contributed by atoms with Crippen molar-refractivity contribution in [3.8, 4) is 34.2 Å². The molecule has 0 aliphatic rings. The van der Waals surface area contributed by atoms with Crippen molar-refractivity contribution in [3.05, 3.63) is 157 Å². The highest BCUT2D eigenvalue weighted by Crippen LogP contribution is 2.41. The summed E-state index contributed by atoms with van der Waals surface area (Å²) in [5, 5.41) is 4.81. The van der Waals surface area contributed by atoms with E-state index in [4.69, 9.17) is 15.0 Å². The maximum Gasteiger partial charge on any atom is 0.161 e. The van der Waals surface area contributed by atoms with Crippen molar-refractivity contribution in [2.24, 2.45) is 0 Å². The van der Waals surface area contributed by atoms with E-state index in [-0.39, 0.29) is 0 Å². The Kier molecular flexibility index (Phi) is 6.51. The van der Waals surface area contributed by atoms with Crippen LogP contribution in [0.3, 0.4) is 0 Å². The van der Waals surface area contributed by atoms with Gasteiger partial charge in [0.05, 0.1) is 33.5 Å². The van der Waals surface area contributed by atoms with Crippen LogP contribution in [0.5, 0.6) is 0 Å². The summed E-state index contributed by atoms with van der Waals surface area (Å²) in [7, 11) is 0. The number of para-hydroxylation sites is 3. The molecule has 0 aliphatic carbocycles. The zero-order chi connectivity index (χ0) is 32.2. The zero-order valence-corrected chi connectivity index (χ0v) is 26.7. The molecule has 4 aromatic heterocycles. The molecule has 5 aromatic carbocycles. The van der Waals surface area contributed by atoms with Gasteiger partial charge in [0.2, 0.25) is 0 Å². The first-order valence-electron chi connectivity index (χ1n) is 16.3. The Bertz CT molecular complexity index is 2660. The molecular formula is C43H31N5. The zero-order valence-electron chi connectivity index (χ0n) is 26.7. The largest absolute Gasteiger partial charge is 0.309 e. The van der Waals surface area contributed by atoms with E-state index in [9.17, 15) is 0 Å². The van der Waals surface area contributed by atoms with E-state index in [1.165, 1.54) is 27.1 Å². The van der Waals surface area contributed by atoms with Gasteiger partial charge >= 0.3 is 0 Å². The third-order valence-electron chi connectivity index (χ3n) is 9.27. The standard InChI is InChI=1S/C43H31N5/c1-3-14-35-28(2)41(29-15-6-4-7-16-29)46-43(45-35)30-23-26-39(44-27-30)48-36-21-12-10-19-32(36)33-24-25-38-40(42(33)48)34-20-11-13-22-37(34)47(38)31-17-8-5-9-18-31/h3-27H,1-2H3/b14-3-. The topological polar surface area (TPSA) is 48.5 Å². The van der Waals surface area contributed by atoms with Gasteiger partial charge < -0.3 is 4.57 Å². The van der Waals surface area contributed by atoms with Gasteiger partial charge in [0, 0.05) is 50.1 Å². The number of aromatic nitrogens is 5. The van der Waals surface area contributed by atoms with Crippen LogP contribution in [0.25, 0.3) is 83.8 Å². The first-order chi connectivity index (χ1) is 23.7. The second-order valence-electron chi connectivity index (χ2n) is 12.1. The molecule has 228 valence electrons. The first-order valence-corrected chi connectivity index (χ1v) is 16.3. The van der Waals surface area contributed by atoms with E-state index in [1.54, 1.807) is 0 Å². The molecule has 48 heavy (non-hydrogen) atoms. The van der Waals surface area contributed by atoms with E-state index >= 15 is 0 Å². The summed E-state index contributed by atoms with van der Waals surface area (Å²) in [5.74, 6) is 1.50. The van der Waals surface area contributed by atoms with Crippen LogP contribution < -0.4 is 0 Å². The van der Waals surface area contributed by atoms with Crippen LogP contribution in [0.2, 0.25) is 0 Å². The first kappa shape index (κ1) is 27.9. The summed E-state index contributed by atoms with van der Waals surface area (Å²) in [4.78, 5) is 15.1. The van der Waals surface area contributed by atoms with Gasteiger partial charge in [-0.05, 0) is 62.4 Å². The molecule has 0 radical (unpaired) electrons. The van der Waals surface area contributed by atoms with Crippen LogP contribution in [0.1, 0.15) is 18.2 Å². The molecule has 0 N–H and O–H groups in total. The van der Waals surface area contributed by atoms with Gasteiger partial charge in [-0.25, -0.2) is 15.0 Å². The van der Waals surface area contributed by atoms with E-state index < -0.39 is 0 Å². The fraction of sp³-hybridized carbons (Fsp3) is 0.0465. The Morgan fingerprint density at radius 3 is 1.98 bits per heavy atom. The van der Waals surface area contributed by atoms with Gasteiger partial charge in [-0.2, -0.15) is 0 Å². The molecule has 0 unspecified atom stereocenters. The number of allylic oxidation sites excluding steroid dienone is 1. The van der Waals surface area contributed by atoms with Crippen LogP contribution in [0, 0.1) is 6.92 Å². The van der Waals surface area contributed by atoms with Crippen molar-refractivity contribution in [1.29, 1.82) is 0 Å². The monoisotopic (exact) mass is 617 g/mol. The minimum absolute atomic E-state index is 0.655. The summed E-state index contributed by atoms with van der Waals surface area (Å²) in [6.45, 7) is 4.10. The maximum atomic E-state index is 5.11. The van der Waals surface area contributed by atoms with Gasteiger partial charge in [0.25, 0.3) is 0 Å². The van der Waals surface area contributed by atoms with Gasteiger partial charge in [-0.15, -0.1) is 0 Å². The van der Waals surface area contributed by atoms with Crippen LogP contribution in [0.4, 0.5) is 0 Å². The predicted octanol–water partition coefficient (Wildman–Crippen LogP) is 10.7. The molecule has 0 aliphatic heterocycles. The lowest BCUT2D eigenvalue weighted by Crippen LogP contribution is -2.01. The number of nitrogens with zero attached hydrogens (tertiary/aromatic N) is 5. The lowest BCUT2D eigenvalue weighted by Gasteiger charge is -2.12. The fourth-order valence-corrected chi connectivity index (χ4v) is 7.11. The molecule has 9 aromatic rings. The molecule has 0 atom stereocenters. The highest BCUT2D eigenvalue weighted by atomic mass is 15.1. The van der Waals surface area contributed by atoms with Crippen molar-refractivity contribution in [1.82, 2.24) is 24.1 Å². The quantitative estimate of drug-likeness (QED) is 0.193. The summed E-state index contributed by atoms with van der Waals surface area (Å²) in [6.07, 6.45) is 5.97. The van der Waals surface area contributed by atoms with Crippen molar-refractivity contribution in [2.75, 3.05) is 0 Å². The van der Waals surface area contributed by atoms with Gasteiger partial charge in [-0.3, -0.25) is 4.57 Å². The maximum absolute atomic E-state index is 5.11. The van der Waals surface area contributed by atoms with Gasteiger partial charge in [0.15, 0.2) is 5.82 Å². The van der Waals surface area contributed by atoms with Crippen molar-refractivity contribution >= 4 is 49.7 Å².